The molecule has 1 aliphatic heterocycles. The van der Waals surface area contributed by atoms with Gasteiger partial charge in [-0.15, -0.1) is 0 Å². The number of ether oxygens (including phenoxy) is 5. The molecule has 16 heteroatoms. The standard InChI is InChI=1S/C28H34F2NO12P/c1-5-38-44(36,39-6-2)28(29,30)16-23-24(37-17-20-10-8-7-9-11-20)25(40-18(3)32)26(41-19(4)33)27(43-23)42-22-14-12-21(13-15-22)31(34)35/h7-15,23-27H,5-6,16-17H2,1-4H3/t23-,24-,25+,26+,27+/m1/s1. The van der Waals surface area contributed by atoms with E-state index in [-0.39, 0.29) is 31.3 Å². The van der Waals surface area contributed by atoms with Gasteiger partial charge in [-0.05, 0) is 31.5 Å². The number of carbonyl (C=O) groups is 2. The van der Waals surface area contributed by atoms with Crippen LogP contribution in [-0.4, -0.2) is 66.4 Å². The summed E-state index contributed by atoms with van der Waals surface area (Å²) in [5.74, 6) is -1.74. The van der Waals surface area contributed by atoms with Crippen molar-refractivity contribution in [2.24, 2.45) is 0 Å². The maximum absolute atomic E-state index is 15.8. The molecule has 1 fully saturated rings. The Morgan fingerprint density at radius 3 is 2.02 bits per heavy atom. The highest BCUT2D eigenvalue weighted by atomic mass is 31.2. The number of carbonyl (C=O) groups excluding carboxylic acids is 2. The highest BCUT2D eigenvalue weighted by Gasteiger charge is 2.60. The molecule has 3 rings (SSSR count). The van der Waals surface area contributed by atoms with Crippen molar-refractivity contribution in [1.82, 2.24) is 0 Å². The number of alkyl halides is 2. The van der Waals surface area contributed by atoms with E-state index in [1.165, 1.54) is 26.0 Å². The van der Waals surface area contributed by atoms with Crippen LogP contribution in [0, 0.1) is 10.1 Å². The fraction of sp³-hybridized carbons (Fsp3) is 0.500. The van der Waals surface area contributed by atoms with Crippen LogP contribution in [0.15, 0.2) is 54.6 Å². The Hall–Kier alpha value is -3.49. The van der Waals surface area contributed by atoms with Crippen LogP contribution in [-0.2, 0) is 48.8 Å². The number of benzene rings is 2. The van der Waals surface area contributed by atoms with Crippen LogP contribution in [0.1, 0.15) is 39.7 Å². The predicted molar refractivity (Wildman–Crippen MR) is 149 cm³/mol. The molecule has 0 spiro atoms. The molecule has 13 nitrogen and oxygen atoms in total. The van der Waals surface area contributed by atoms with Gasteiger partial charge in [0.2, 0.25) is 12.4 Å². The fourth-order valence-corrected chi connectivity index (χ4v) is 5.98. The monoisotopic (exact) mass is 645 g/mol. The summed E-state index contributed by atoms with van der Waals surface area (Å²) in [7, 11) is -5.05. The van der Waals surface area contributed by atoms with Gasteiger partial charge in [0.25, 0.3) is 5.69 Å². The second-order valence-electron chi connectivity index (χ2n) is 9.52. The zero-order chi connectivity index (χ0) is 32.5. The van der Waals surface area contributed by atoms with Crippen LogP contribution < -0.4 is 4.74 Å². The average molecular weight is 646 g/mol. The molecule has 0 saturated carbocycles. The van der Waals surface area contributed by atoms with Crippen LogP contribution in [0.3, 0.4) is 0 Å². The minimum atomic E-state index is -5.05. The van der Waals surface area contributed by atoms with Crippen LogP contribution in [0.2, 0.25) is 0 Å². The first-order chi connectivity index (χ1) is 20.8. The molecule has 5 atom stereocenters. The van der Waals surface area contributed by atoms with Gasteiger partial charge in [0.15, 0.2) is 6.10 Å². The maximum Gasteiger partial charge on any atom is 0.399 e. The highest BCUT2D eigenvalue weighted by molar-refractivity contribution is 7.55. The number of nitrogens with zero attached hydrogens (tertiary/aromatic N) is 1. The van der Waals surface area contributed by atoms with E-state index in [2.05, 4.69) is 0 Å². The lowest BCUT2D eigenvalue weighted by atomic mass is 9.95. The van der Waals surface area contributed by atoms with Gasteiger partial charge >= 0.3 is 25.2 Å². The normalized spacial score (nSPS) is 22.2. The van der Waals surface area contributed by atoms with Crippen molar-refractivity contribution in [3.8, 4) is 5.75 Å². The molecule has 2 aromatic rings. The maximum atomic E-state index is 15.8. The summed E-state index contributed by atoms with van der Waals surface area (Å²) in [6.07, 6.45) is -9.33. The number of rotatable bonds is 15. The molecular formula is C28H34F2NO12P. The van der Waals surface area contributed by atoms with E-state index >= 15 is 8.78 Å². The average Bonchev–Trinajstić information content (AvgIpc) is 2.95. The topological polar surface area (TPSA) is 159 Å². The van der Waals surface area contributed by atoms with Crippen LogP contribution >= 0.6 is 7.60 Å². The van der Waals surface area contributed by atoms with Gasteiger partial charge in [-0.1, -0.05) is 30.3 Å². The second-order valence-corrected chi connectivity index (χ2v) is 11.7. The molecule has 44 heavy (non-hydrogen) atoms. The van der Waals surface area contributed by atoms with Gasteiger partial charge in [0.1, 0.15) is 11.9 Å². The summed E-state index contributed by atoms with van der Waals surface area (Å²) < 4.78 is 83.2. The summed E-state index contributed by atoms with van der Waals surface area (Å²) >= 11 is 0. The number of hydrogen-bond acceptors (Lipinski definition) is 12. The van der Waals surface area contributed by atoms with Crippen molar-refractivity contribution in [2.45, 2.75) is 77.1 Å². The summed E-state index contributed by atoms with van der Waals surface area (Å²) in [4.78, 5) is 34.8. The van der Waals surface area contributed by atoms with Gasteiger partial charge in [0, 0.05) is 26.0 Å². The summed E-state index contributed by atoms with van der Waals surface area (Å²) in [6.45, 7) is 4.02. The molecule has 0 radical (unpaired) electrons. The molecule has 1 aliphatic rings. The lowest BCUT2D eigenvalue weighted by Crippen LogP contribution is -2.63. The van der Waals surface area contributed by atoms with Gasteiger partial charge in [-0.3, -0.25) is 24.3 Å². The van der Waals surface area contributed by atoms with Crippen molar-refractivity contribution < 1.29 is 60.6 Å². The Kier molecular flexibility index (Phi) is 12.3. The van der Waals surface area contributed by atoms with Gasteiger partial charge in [0.05, 0.1) is 37.3 Å². The molecule has 1 heterocycles. The number of hydrogen-bond donors (Lipinski definition) is 0. The molecule has 0 unspecified atom stereocenters. The molecule has 0 amide bonds. The number of nitro groups is 1. The quantitative estimate of drug-likeness (QED) is 0.105. The highest BCUT2D eigenvalue weighted by Crippen LogP contribution is 2.64. The van der Waals surface area contributed by atoms with Crippen LogP contribution in [0.5, 0.6) is 5.75 Å². The molecular weight excluding hydrogens is 611 g/mol. The lowest BCUT2D eigenvalue weighted by Gasteiger charge is -2.45. The Morgan fingerprint density at radius 1 is 0.932 bits per heavy atom. The molecule has 1 saturated heterocycles. The van der Waals surface area contributed by atoms with Crippen molar-refractivity contribution in [3.63, 3.8) is 0 Å². The van der Waals surface area contributed by atoms with E-state index in [0.29, 0.717) is 5.56 Å². The van der Waals surface area contributed by atoms with Crippen molar-refractivity contribution >= 4 is 25.2 Å². The molecule has 0 N–H and O–H groups in total. The first kappa shape index (κ1) is 35.0. The molecule has 0 aromatic heterocycles. The minimum absolute atomic E-state index is 0.0252. The Bertz CT molecular complexity index is 1300. The van der Waals surface area contributed by atoms with Gasteiger partial charge in [-0.25, -0.2) is 0 Å². The smallest absolute Gasteiger partial charge is 0.399 e. The largest absolute Gasteiger partial charge is 0.461 e. The minimum Gasteiger partial charge on any atom is -0.461 e. The third-order valence-electron chi connectivity index (χ3n) is 6.23. The SMILES string of the molecule is CCOP(=O)(OCC)C(F)(F)C[C@H]1O[C@H](Oc2ccc([N+](=O)[O-])cc2)[C@@H](OC(C)=O)[C@@H](OC(C)=O)[C@@H]1OCc1ccccc1. The summed E-state index contributed by atoms with van der Waals surface area (Å²) in [6, 6.07) is 13.3. The van der Waals surface area contributed by atoms with E-state index in [9.17, 15) is 24.3 Å². The first-order valence-corrected chi connectivity index (χ1v) is 15.2. The van der Waals surface area contributed by atoms with Crippen molar-refractivity contribution in [3.05, 3.63) is 70.3 Å². The van der Waals surface area contributed by atoms with E-state index in [1.54, 1.807) is 30.3 Å². The van der Waals surface area contributed by atoms with Gasteiger partial charge < -0.3 is 32.7 Å². The number of nitro benzene ring substituents is 1. The van der Waals surface area contributed by atoms with E-state index in [4.69, 9.17) is 32.7 Å². The molecule has 2 aromatic carbocycles. The van der Waals surface area contributed by atoms with Crippen molar-refractivity contribution in [1.29, 1.82) is 0 Å². The zero-order valence-electron chi connectivity index (χ0n) is 24.5. The summed E-state index contributed by atoms with van der Waals surface area (Å²) in [5, 5.41) is 11.1. The molecule has 242 valence electrons. The van der Waals surface area contributed by atoms with Gasteiger partial charge in [-0.2, -0.15) is 8.78 Å². The summed E-state index contributed by atoms with van der Waals surface area (Å²) in [5.41, 5.74) is -3.77. The fourth-order valence-electron chi connectivity index (χ4n) is 4.45. The number of non-ortho nitro benzene ring substituents is 1. The Morgan fingerprint density at radius 2 is 1.50 bits per heavy atom. The Labute approximate surface area is 252 Å². The molecule has 0 bridgehead atoms. The van der Waals surface area contributed by atoms with E-state index in [1.807, 2.05) is 0 Å². The second kappa shape index (κ2) is 15.5. The number of halogens is 2. The Balaban J connectivity index is 2.08. The third kappa shape index (κ3) is 9.02. The first-order valence-electron chi connectivity index (χ1n) is 13.6. The van der Waals surface area contributed by atoms with Crippen LogP contribution in [0.25, 0.3) is 0 Å². The predicted octanol–water partition coefficient (Wildman–Crippen LogP) is 5.40. The van der Waals surface area contributed by atoms with Crippen molar-refractivity contribution in [2.75, 3.05) is 13.2 Å². The lowest BCUT2D eigenvalue weighted by molar-refractivity contribution is -0.384. The molecule has 0 aliphatic carbocycles. The van der Waals surface area contributed by atoms with E-state index in [0.717, 1.165) is 26.0 Å². The van der Waals surface area contributed by atoms with Crippen LogP contribution in [0.4, 0.5) is 14.5 Å². The number of esters is 2. The van der Waals surface area contributed by atoms with E-state index < -0.39 is 67.2 Å². The zero-order valence-corrected chi connectivity index (χ0v) is 25.4. The third-order valence-corrected chi connectivity index (χ3v) is 8.41.